The summed E-state index contributed by atoms with van der Waals surface area (Å²) in [6, 6.07) is 17.2. The molecule has 7 heteroatoms. The molecule has 1 amide bonds. The van der Waals surface area contributed by atoms with E-state index in [1.807, 2.05) is 13.0 Å². The van der Waals surface area contributed by atoms with Gasteiger partial charge in [-0.15, -0.1) is 0 Å². The first-order valence-corrected chi connectivity index (χ1v) is 9.47. The molecule has 0 unspecified atom stereocenters. The van der Waals surface area contributed by atoms with Crippen LogP contribution in [0.25, 0.3) is 17.4 Å². The summed E-state index contributed by atoms with van der Waals surface area (Å²) in [5.41, 5.74) is 1.08. The molecule has 0 radical (unpaired) electrons. The second-order valence-corrected chi connectivity index (χ2v) is 6.75. The molecule has 2 aromatic carbocycles. The van der Waals surface area contributed by atoms with Crippen LogP contribution in [0, 0.1) is 11.3 Å². The SMILES string of the molecule is CCOc1cccc(NC(=O)/C(C#N)=C/c2ccc(-c3ccc(Cl)cc3Cl)o2)c1. The van der Waals surface area contributed by atoms with Gasteiger partial charge in [0.05, 0.1) is 11.6 Å². The first-order valence-electron chi connectivity index (χ1n) is 8.71. The largest absolute Gasteiger partial charge is 0.494 e. The second-order valence-electron chi connectivity index (χ2n) is 5.91. The number of anilines is 1. The van der Waals surface area contributed by atoms with Crippen LogP contribution in [0.4, 0.5) is 5.69 Å². The highest BCUT2D eigenvalue weighted by molar-refractivity contribution is 6.36. The topological polar surface area (TPSA) is 75.3 Å². The Morgan fingerprint density at radius 3 is 2.76 bits per heavy atom. The van der Waals surface area contributed by atoms with Gasteiger partial charge in [0.15, 0.2) is 0 Å². The molecule has 1 heterocycles. The molecule has 1 aromatic heterocycles. The summed E-state index contributed by atoms with van der Waals surface area (Å²) < 4.78 is 11.1. The summed E-state index contributed by atoms with van der Waals surface area (Å²) in [5, 5.41) is 13.0. The molecular weight excluding hydrogens is 411 g/mol. The van der Waals surface area contributed by atoms with Gasteiger partial charge in [0.25, 0.3) is 5.91 Å². The van der Waals surface area contributed by atoms with Gasteiger partial charge in [0.2, 0.25) is 0 Å². The van der Waals surface area contributed by atoms with Crippen molar-refractivity contribution in [1.82, 2.24) is 0 Å². The predicted molar refractivity (Wildman–Crippen MR) is 114 cm³/mol. The fourth-order valence-corrected chi connectivity index (χ4v) is 3.09. The number of nitriles is 1. The van der Waals surface area contributed by atoms with E-state index in [2.05, 4.69) is 5.32 Å². The molecule has 29 heavy (non-hydrogen) atoms. The zero-order chi connectivity index (χ0) is 20.8. The van der Waals surface area contributed by atoms with Crippen LogP contribution in [0.15, 0.2) is 64.6 Å². The Labute approximate surface area is 178 Å². The Bertz CT molecular complexity index is 1110. The molecule has 0 spiro atoms. The van der Waals surface area contributed by atoms with Crippen molar-refractivity contribution in [3.05, 3.63) is 76.0 Å². The van der Waals surface area contributed by atoms with Crippen molar-refractivity contribution in [3.63, 3.8) is 0 Å². The minimum Gasteiger partial charge on any atom is -0.494 e. The third kappa shape index (κ3) is 5.20. The van der Waals surface area contributed by atoms with Crippen LogP contribution in [0.3, 0.4) is 0 Å². The second kappa shape index (κ2) is 9.33. The maximum absolute atomic E-state index is 12.5. The van der Waals surface area contributed by atoms with Gasteiger partial charge in [-0.25, -0.2) is 0 Å². The average Bonchev–Trinajstić information content (AvgIpc) is 3.15. The number of amides is 1. The molecule has 0 saturated carbocycles. The maximum Gasteiger partial charge on any atom is 0.266 e. The molecule has 1 N–H and O–H groups in total. The van der Waals surface area contributed by atoms with Crippen LogP contribution in [0.2, 0.25) is 10.0 Å². The Morgan fingerprint density at radius 1 is 1.21 bits per heavy atom. The minimum absolute atomic E-state index is 0.102. The minimum atomic E-state index is -0.552. The lowest BCUT2D eigenvalue weighted by Crippen LogP contribution is -2.13. The highest BCUT2D eigenvalue weighted by atomic mass is 35.5. The monoisotopic (exact) mass is 426 g/mol. The third-order valence-corrected chi connectivity index (χ3v) is 4.43. The lowest BCUT2D eigenvalue weighted by atomic mass is 10.2. The van der Waals surface area contributed by atoms with Crippen molar-refractivity contribution in [3.8, 4) is 23.1 Å². The molecule has 146 valence electrons. The molecule has 5 nitrogen and oxygen atoms in total. The molecule has 0 atom stereocenters. The predicted octanol–water partition coefficient (Wildman–Crippen LogP) is 6.20. The first kappa shape index (κ1) is 20.5. The number of carbonyl (C=O) groups excluding carboxylic acids is 1. The zero-order valence-electron chi connectivity index (χ0n) is 15.4. The number of nitrogens with zero attached hydrogens (tertiary/aromatic N) is 1. The number of nitrogens with one attached hydrogen (secondary N) is 1. The van der Waals surface area contributed by atoms with Crippen molar-refractivity contribution in [1.29, 1.82) is 5.26 Å². The zero-order valence-corrected chi connectivity index (χ0v) is 16.9. The van der Waals surface area contributed by atoms with Crippen molar-refractivity contribution >= 4 is 40.9 Å². The van der Waals surface area contributed by atoms with E-state index in [4.69, 9.17) is 32.4 Å². The molecule has 0 saturated heterocycles. The number of furan rings is 1. The molecule has 0 fully saturated rings. The van der Waals surface area contributed by atoms with E-state index >= 15 is 0 Å². The molecule has 3 rings (SSSR count). The van der Waals surface area contributed by atoms with E-state index in [1.54, 1.807) is 54.6 Å². The van der Waals surface area contributed by atoms with Gasteiger partial charge in [-0.05, 0) is 49.4 Å². The van der Waals surface area contributed by atoms with Gasteiger partial charge >= 0.3 is 0 Å². The Balaban J connectivity index is 1.79. The van der Waals surface area contributed by atoms with E-state index in [0.717, 1.165) is 0 Å². The van der Waals surface area contributed by atoms with Crippen LogP contribution in [-0.4, -0.2) is 12.5 Å². The molecule has 0 aliphatic carbocycles. The van der Waals surface area contributed by atoms with E-state index < -0.39 is 5.91 Å². The average molecular weight is 427 g/mol. The van der Waals surface area contributed by atoms with E-state index in [1.165, 1.54) is 6.08 Å². The van der Waals surface area contributed by atoms with Crippen LogP contribution in [-0.2, 0) is 4.79 Å². The van der Waals surface area contributed by atoms with Crippen molar-refractivity contribution in [2.45, 2.75) is 6.92 Å². The lowest BCUT2D eigenvalue weighted by molar-refractivity contribution is -0.112. The first-order chi connectivity index (χ1) is 14.0. The number of hydrogen-bond acceptors (Lipinski definition) is 4. The van der Waals surface area contributed by atoms with E-state index in [0.29, 0.717) is 45.2 Å². The quantitative estimate of drug-likeness (QED) is 0.376. The fourth-order valence-electron chi connectivity index (χ4n) is 2.58. The molecular formula is C22H16Cl2N2O3. The number of carbonyl (C=O) groups is 1. The Hall–Kier alpha value is -3.20. The summed E-state index contributed by atoms with van der Waals surface area (Å²) in [6.07, 6.45) is 1.37. The number of halogens is 2. The summed E-state index contributed by atoms with van der Waals surface area (Å²) in [6.45, 7) is 2.38. The number of rotatable bonds is 6. The standard InChI is InChI=1S/C22H16Cl2N2O3/c1-2-28-17-5-3-4-16(12-17)26-22(27)14(13-25)10-18-7-9-21(29-18)19-8-6-15(23)11-20(19)24/h3-12H,2H2,1H3,(H,26,27)/b14-10+. The van der Waals surface area contributed by atoms with Crippen LogP contribution < -0.4 is 10.1 Å². The van der Waals surface area contributed by atoms with Gasteiger partial charge in [-0.3, -0.25) is 4.79 Å². The van der Waals surface area contributed by atoms with Crippen LogP contribution in [0.5, 0.6) is 5.75 Å². The van der Waals surface area contributed by atoms with Gasteiger partial charge in [-0.1, -0.05) is 29.3 Å². The molecule has 0 aliphatic rings. The molecule has 0 bridgehead atoms. The highest BCUT2D eigenvalue weighted by Gasteiger charge is 2.13. The lowest BCUT2D eigenvalue weighted by Gasteiger charge is -2.07. The number of benzene rings is 2. The van der Waals surface area contributed by atoms with Crippen LogP contribution in [0.1, 0.15) is 12.7 Å². The number of hydrogen-bond donors (Lipinski definition) is 1. The highest BCUT2D eigenvalue weighted by Crippen LogP contribution is 2.32. The number of ether oxygens (including phenoxy) is 1. The smallest absolute Gasteiger partial charge is 0.266 e. The summed E-state index contributed by atoms with van der Waals surface area (Å²) in [7, 11) is 0. The maximum atomic E-state index is 12.5. The van der Waals surface area contributed by atoms with Gasteiger partial charge in [0, 0.05) is 28.4 Å². The Morgan fingerprint density at radius 2 is 2.03 bits per heavy atom. The van der Waals surface area contributed by atoms with Gasteiger partial charge in [0.1, 0.15) is 28.9 Å². The molecule has 0 aliphatic heterocycles. The normalized spacial score (nSPS) is 11.0. The van der Waals surface area contributed by atoms with Gasteiger partial charge < -0.3 is 14.5 Å². The summed E-state index contributed by atoms with van der Waals surface area (Å²) >= 11 is 12.1. The van der Waals surface area contributed by atoms with Gasteiger partial charge in [-0.2, -0.15) is 5.26 Å². The molecule has 3 aromatic rings. The van der Waals surface area contributed by atoms with Crippen molar-refractivity contribution in [2.24, 2.45) is 0 Å². The van der Waals surface area contributed by atoms with E-state index in [-0.39, 0.29) is 5.57 Å². The summed E-state index contributed by atoms with van der Waals surface area (Å²) in [4.78, 5) is 12.5. The fraction of sp³-hybridized carbons (Fsp3) is 0.0909. The third-order valence-electron chi connectivity index (χ3n) is 3.88. The van der Waals surface area contributed by atoms with Crippen LogP contribution >= 0.6 is 23.2 Å². The van der Waals surface area contributed by atoms with Crippen molar-refractivity contribution in [2.75, 3.05) is 11.9 Å². The van der Waals surface area contributed by atoms with E-state index in [9.17, 15) is 10.1 Å². The summed E-state index contributed by atoms with van der Waals surface area (Å²) in [5.74, 6) is 0.924. The Kier molecular flexibility index (Phi) is 6.61. The van der Waals surface area contributed by atoms with Crippen molar-refractivity contribution < 1.29 is 13.9 Å².